The Balaban J connectivity index is 3.04. The Kier molecular flexibility index (Phi) is 2.97. The van der Waals surface area contributed by atoms with Crippen molar-refractivity contribution in [1.29, 1.82) is 0 Å². The monoisotopic (exact) mass is 268 g/mol. The number of hydrogen-bond donors (Lipinski definition) is 0. The highest BCUT2D eigenvalue weighted by Gasteiger charge is 1.96. The Morgan fingerprint density at radius 1 is 1.50 bits per heavy atom. The molecule has 1 aromatic carbocycles. The van der Waals surface area contributed by atoms with Crippen LogP contribution in [0.5, 0.6) is 0 Å². The zero-order valence-electron chi connectivity index (χ0n) is 5.40. The highest BCUT2D eigenvalue weighted by atomic mass is 127. The number of rotatable bonds is 1. The topological polar surface area (TPSA) is 0 Å². The van der Waals surface area contributed by atoms with Gasteiger partial charge < -0.3 is 0 Å². The summed E-state index contributed by atoms with van der Waals surface area (Å²) in [5, 5.41) is 0. The van der Waals surface area contributed by atoms with E-state index in [1.165, 1.54) is 6.07 Å². The molecule has 0 nitrogen and oxygen atoms in total. The quantitative estimate of drug-likeness (QED) is 0.701. The first-order valence-electron chi connectivity index (χ1n) is 2.79. The van der Waals surface area contributed by atoms with Gasteiger partial charge in [-0.1, -0.05) is 8.93 Å². The first-order chi connectivity index (χ1) is 4.74. The molecule has 0 spiro atoms. The summed E-state index contributed by atoms with van der Waals surface area (Å²) in [5.74, 6) is -0.130. The van der Waals surface area contributed by atoms with E-state index in [0.717, 1.165) is 4.90 Å². The normalized spacial score (nSPS) is 9.90. The molecule has 0 aliphatic heterocycles. The van der Waals surface area contributed by atoms with Crippen molar-refractivity contribution in [3.05, 3.63) is 29.6 Å². The summed E-state index contributed by atoms with van der Waals surface area (Å²) in [7, 11) is 1.59. The minimum absolute atomic E-state index is 0.130. The van der Waals surface area contributed by atoms with Gasteiger partial charge in [0.2, 0.25) is 0 Å². The van der Waals surface area contributed by atoms with Gasteiger partial charge in [0.25, 0.3) is 0 Å². The third kappa shape index (κ3) is 1.85. The second-order valence-corrected chi connectivity index (χ2v) is 3.94. The molecular weight excluding hydrogens is 262 g/mol. The van der Waals surface area contributed by atoms with Gasteiger partial charge in [-0.2, -0.15) is 0 Å². The largest absolute Gasteiger partial charge is 0.207 e. The zero-order valence-corrected chi connectivity index (χ0v) is 8.37. The molecule has 54 valence electrons. The molecule has 0 aliphatic rings. The predicted octanol–water partition coefficient (Wildman–Crippen LogP) is 3.58. The van der Waals surface area contributed by atoms with Crippen LogP contribution in [-0.4, -0.2) is 0 Å². The Hall–Kier alpha value is 0.230. The van der Waals surface area contributed by atoms with Gasteiger partial charge in [-0.15, -0.1) is 0 Å². The van der Waals surface area contributed by atoms with Crippen molar-refractivity contribution in [3.8, 4) is 0 Å². The maximum Gasteiger partial charge on any atom is 0.126 e. The van der Waals surface area contributed by atoms with E-state index in [2.05, 4.69) is 21.2 Å². The van der Waals surface area contributed by atoms with Crippen molar-refractivity contribution < 1.29 is 4.39 Å². The molecule has 0 N–H and O–H groups in total. The van der Waals surface area contributed by atoms with Gasteiger partial charge in [0.1, 0.15) is 5.82 Å². The second kappa shape index (κ2) is 3.57. The van der Waals surface area contributed by atoms with Crippen LogP contribution in [0.15, 0.2) is 23.1 Å². The summed E-state index contributed by atoms with van der Waals surface area (Å²) in [4.78, 5) is 1.10. The molecule has 1 aromatic rings. The van der Waals surface area contributed by atoms with Crippen LogP contribution in [0.1, 0.15) is 5.56 Å². The molecule has 1 rings (SSSR count). The lowest BCUT2D eigenvalue weighted by Crippen LogP contribution is -1.79. The summed E-state index contributed by atoms with van der Waals surface area (Å²) >= 11 is 2.18. The average Bonchev–Trinajstić information content (AvgIpc) is 1.95. The molecule has 0 heterocycles. The number of aryl methyl sites for hydroxylation is 1. The number of halogens is 2. The molecule has 0 fully saturated rings. The van der Waals surface area contributed by atoms with Gasteiger partial charge >= 0.3 is 0 Å². The lowest BCUT2D eigenvalue weighted by molar-refractivity contribution is 0.617. The number of benzene rings is 1. The van der Waals surface area contributed by atoms with Crippen molar-refractivity contribution in [2.75, 3.05) is 0 Å². The minimum atomic E-state index is -0.130. The molecule has 0 bridgehead atoms. The van der Waals surface area contributed by atoms with Gasteiger partial charge in [0, 0.05) is 26.1 Å². The van der Waals surface area contributed by atoms with Crippen LogP contribution in [-0.2, 0) is 0 Å². The molecule has 10 heavy (non-hydrogen) atoms. The Bertz CT molecular complexity index is 237. The first kappa shape index (κ1) is 8.33. The summed E-state index contributed by atoms with van der Waals surface area (Å²) in [6.45, 7) is 1.77. The van der Waals surface area contributed by atoms with E-state index in [1.807, 2.05) is 6.07 Å². The molecule has 0 aromatic heterocycles. The van der Waals surface area contributed by atoms with E-state index in [-0.39, 0.29) is 5.82 Å². The van der Waals surface area contributed by atoms with Gasteiger partial charge in [-0.3, -0.25) is 0 Å². The van der Waals surface area contributed by atoms with E-state index >= 15 is 0 Å². The zero-order chi connectivity index (χ0) is 7.56. The van der Waals surface area contributed by atoms with Gasteiger partial charge in [0.15, 0.2) is 0 Å². The fraction of sp³-hybridized carbons (Fsp3) is 0.143. The van der Waals surface area contributed by atoms with Crippen molar-refractivity contribution in [1.82, 2.24) is 0 Å². The predicted molar refractivity (Wildman–Crippen MR) is 51.0 cm³/mol. The first-order valence-corrected chi connectivity index (χ1v) is 6.14. The second-order valence-electron chi connectivity index (χ2n) is 1.99. The third-order valence-electron chi connectivity index (χ3n) is 1.22. The van der Waals surface area contributed by atoms with E-state index in [4.69, 9.17) is 0 Å². The van der Waals surface area contributed by atoms with E-state index in [9.17, 15) is 4.39 Å². The van der Waals surface area contributed by atoms with Crippen LogP contribution in [0, 0.1) is 12.7 Å². The minimum Gasteiger partial charge on any atom is -0.207 e. The van der Waals surface area contributed by atoms with Crippen LogP contribution in [0.25, 0.3) is 0 Å². The van der Waals surface area contributed by atoms with E-state index in [0.29, 0.717) is 5.56 Å². The van der Waals surface area contributed by atoms with Crippen LogP contribution in [0.2, 0.25) is 0 Å². The lowest BCUT2D eigenvalue weighted by Gasteiger charge is -1.96. The van der Waals surface area contributed by atoms with Crippen LogP contribution in [0.4, 0.5) is 4.39 Å². The lowest BCUT2D eigenvalue weighted by atomic mass is 10.2. The van der Waals surface area contributed by atoms with Crippen molar-refractivity contribution in [3.63, 3.8) is 0 Å². The summed E-state index contributed by atoms with van der Waals surface area (Å²) in [6, 6.07) is 5.11. The van der Waals surface area contributed by atoms with Gasteiger partial charge in [-0.25, -0.2) is 4.39 Å². The molecule has 0 unspecified atom stereocenters. The van der Waals surface area contributed by atoms with Gasteiger partial charge in [-0.05, 0) is 30.7 Å². The van der Waals surface area contributed by atoms with E-state index < -0.39 is 0 Å². The van der Waals surface area contributed by atoms with Gasteiger partial charge in [0.05, 0.1) is 0 Å². The molecule has 0 saturated carbocycles. The van der Waals surface area contributed by atoms with Crippen molar-refractivity contribution >= 4 is 30.1 Å². The number of hydrogen-bond acceptors (Lipinski definition) is 1. The molecular formula is C7H6FIS. The summed E-state index contributed by atoms with van der Waals surface area (Å²) < 4.78 is 12.6. The van der Waals surface area contributed by atoms with Crippen LogP contribution >= 0.6 is 30.1 Å². The smallest absolute Gasteiger partial charge is 0.126 e. The summed E-state index contributed by atoms with van der Waals surface area (Å²) in [6.07, 6.45) is 0. The van der Waals surface area contributed by atoms with Crippen LogP contribution in [0.3, 0.4) is 0 Å². The van der Waals surface area contributed by atoms with Crippen molar-refractivity contribution in [2.45, 2.75) is 11.8 Å². The highest BCUT2D eigenvalue weighted by Crippen LogP contribution is 2.26. The fourth-order valence-corrected chi connectivity index (χ4v) is 1.83. The Morgan fingerprint density at radius 2 is 2.20 bits per heavy atom. The maximum atomic E-state index is 12.6. The highest BCUT2D eigenvalue weighted by molar-refractivity contribution is 14.2. The maximum absolute atomic E-state index is 12.6. The molecule has 0 radical (unpaired) electrons. The Morgan fingerprint density at radius 3 is 2.70 bits per heavy atom. The molecule has 0 saturated heterocycles. The SMILES string of the molecule is Cc1cc(SI)ccc1F. The van der Waals surface area contributed by atoms with E-state index in [1.54, 1.807) is 21.9 Å². The standard InChI is InChI=1S/C7H6FIS/c1-5-4-6(10-9)2-3-7(5)8/h2-4H,1H3. The molecule has 3 heteroatoms. The third-order valence-corrected chi connectivity index (χ3v) is 3.18. The molecule has 0 amide bonds. The molecule has 0 aliphatic carbocycles. The summed E-state index contributed by atoms with van der Waals surface area (Å²) in [5.41, 5.74) is 0.710. The van der Waals surface area contributed by atoms with Crippen LogP contribution < -0.4 is 0 Å². The average molecular weight is 268 g/mol. The Labute approximate surface area is 75.8 Å². The molecule has 0 atom stereocenters. The fourth-order valence-electron chi connectivity index (χ4n) is 0.665. The van der Waals surface area contributed by atoms with Crippen molar-refractivity contribution in [2.24, 2.45) is 0 Å².